The largest absolute Gasteiger partial charge is 0.493 e. The van der Waals surface area contributed by atoms with Gasteiger partial charge in [0, 0.05) is 42.4 Å². The van der Waals surface area contributed by atoms with Gasteiger partial charge in [0.2, 0.25) is 5.95 Å². The van der Waals surface area contributed by atoms with Gasteiger partial charge in [0.15, 0.2) is 11.5 Å². The number of H-pyrrole nitrogens is 1. The Morgan fingerprint density at radius 1 is 1.13 bits per heavy atom. The molecule has 1 N–H and O–H groups in total. The molecule has 3 heterocycles. The molecule has 0 amide bonds. The second-order valence-electron chi connectivity index (χ2n) is 8.24. The van der Waals surface area contributed by atoms with E-state index in [0.717, 1.165) is 67.2 Å². The molecule has 0 spiro atoms. The first-order chi connectivity index (χ1) is 15.2. The van der Waals surface area contributed by atoms with Gasteiger partial charge in [-0.15, -0.1) is 0 Å². The predicted molar refractivity (Wildman–Crippen MR) is 118 cm³/mol. The number of aliphatic imine (C=N–C) groups is 1. The summed E-state index contributed by atoms with van der Waals surface area (Å²) in [4.78, 5) is 27.8. The molecule has 5 rings (SSSR count). The minimum absolute atomic E-state index is 0.0277. The number of methoxy groups -OCH3 is 2. The van der Waals surface area contributed by atoms with Crippen LogP contribution >= 0.6 is 0 Å². The van der Waals surface area contributed by atoms with Gasteiger partial charge in [0.1, 0.15) is 0 Å². The van der Waals surface area contributed by atoms with Crippen molar-refractivity contribution in [1.82, 2.24) is 9.97 Å². The first-order valence-electron chi connectivity index (χ1n) is 10.9. The quantitative estimate of drug-likeness (QED) is 0.805. The summed E-state index contributed by atoms with van der Waals surface area (Å²) in [6, 6.07) is 4.09. The predicted octanol–water partition coefficient (Wildman–Crippen LogP) is 1.77. The van der Waals surface area contributed by atoms with E-state index < -0.39 is 0 Å². The minimum atomic E-state index is -0.0277. The molecule has 1 aromatic heterocycles. The zero-order valence-electron chi connectivity index (χ0n) is 18.1. The van der Waals surface area contributed by atoms with Crippen LogP contribution in [-0.4, -0.2) is 62.7 Å². The summed E-state index contributed by atoms with van der Waals surface area (Å²) in [5, 5.41) is 0. The molecule has 164 valence electrons. The van der Waals surface area contributed by atoms with E-state index in [1.54, 1.807) is 14.2 Å². The topological polar surface area (TPSA) is 89.0 Å². The summed E-state index contributed by atoms with van der Waals surface area (Å²) in [6.45, 7) is 3.59. The standard InChI is InChI=1S/C23H28N4O4/c1-29-19-12-14-5-6-24-21(16(14)13-20(19)30-2)15-3-4-18-17(11-15)22(28)26-23(25-18)27-7-9-31-10-8-27/h12-13,15H,3-11H2,1-2H3,(H,25,26,28). The van der Waals surface area contributed by atoms with Crippen molar-refractivity contribution in [2.75, 3.05) is 52.0 Å². The number of morpholine rings is 1. The van der Waals surface area contributed by atoms with E-state index in [1.165, 1.54) is 5.56 Å². The molecule has 0 saturated carbocycles. The van der Waals surface area contributed by atoms with Gasteiger partial charge in [0.05, 0.1) is 33.1 Å². The smallest absolute Gasteiger partial charge is 0.255 e. The van der Waals surface area contributed by atoms with Crippen LogP contribution in [0.2, 0.25) is 0 Å². The molecule has 2 aliphatic heterocycles. The molecular weight excluding hydrogens is 396 g/mol. The number of hydrogen-bond acceptors (Lipinski definition) is 7. The number of fused-ring (bicyclic) bond motifs is 2. The maximum atomic E-state index is 13.0. The molecule has 3 aliphatic rings. The summed E-state index contributed by atoms with van der Waals surface area (Å²) in [6.07, 6.45) is 3.25. The first-order valence-corrected chi connectivity index (χ1v) is 10.9. The number of anilines is 1. The van der Waals surface area contributed by atoms with Crippen LogP contribution in [0.3, 0.4) is 0 Å². The number of nitrogens with one attached hydrogen (secondary N) is 1. The molecule has 0 radical (unpaired) electrons. The maximum absolute atomic E-state index is 13.0. The number of aromatic amines is 1. The van der Waals surface area contributed by atoms with Crippen LogP contribution in [0.25, 0.3) is 0 Å². The molecule has 31 heavy (non-hydrogen) atoms. The number of ether oxygens (including phenoxy) is 3. The summed E-state index contributed by atoms with van der Waals surface area (Å²) >= 11 is 0. The second kappa shape index (κ2) is 8.34. The molecule has 0 bridgehead atoms. The number of aryl methyl sites for hydroxylation is 1. The van der Waals surface area contributed by atoms with Crippen molar-refractivity contribution in [2.24, 2.45) is 10.9 Å². The van der Waals surface area contributed by atoms with E-state index in [4.69, 9.17) is 24.2 Å². The zero-order chi connectivity index (χ0) is 21.4. The third-order valence-electron chi connectivity index (χ3n) is 6.51. The Hall–Kier alpha value is -2.87. The normalized spacial score (nSPS) is 20.5. The molecule has 1 saturated heterocycles. The maximum Gasteiger partial charge on any atom is 0.255 e. The van der Waals surface area contributed by atoms with E-state index in [0.29, 0.717) is 31.3 Å². The van der Waals surface area contributed by atoms with Crippen molar-refractivity contribution in [2.45, 2.75) is 25.7 Å². The van der Waals surface area contributed by atoms with E-state index in [-0.39, 0.29) is 11.5 Å². The fraction of sp³-hybridized carbons (Fsp3) is 0.522. The van der Waals surface area contributed by atoms with Crippen LogP contribution in [0.1, 0.15) is 28.8 Å². The highest BCUT2D eigenvalue weighted by Crippen LogP contribution is 2.36. The third kappa shape index (κ3) is 3.69. The first kappa shape index (κ1) is 20.1. The second-order valence-corrected chi connectivity index (χ2v) is 8.24. The van der Waals surface area contributed by atoms with Gasteiger partial charge in [-0.2, -0.15) is 0 Å². The monoisotopic (exact) mass is 424 g/mol. The van der Waals surface area contributed by atoms with Gasteiger partial charge in [0.25, 0.3) is 5.56 Å². The minimum Gasteiger partial charge on any atom is -0.493 e. The summed E-state index contributed by atoms with van der Waals surface area (Å²) in [5.41, 5.74) is 5.11. The van der Waals surface area contributed by atoms with Gasteiger partial charge >= 0.3 is 0 Å². The van der Waals surface area contributed by atoms with Crippen molar-refractivity contribution >= 4 is 11.7 Å². The van der Waals surface area contributed by atoms with E-state index in [1.807, 2.05) is 6.07 Å². The molecule has 8 nitrogen and oxygen atoms in total. The fourth-order valence-electron chi connectivity index (χ4n) is 4.86. The third-order valence-corrected chi connectivity index (χ3v) is 6.51. The average molecular weight is 425 g/mol. The molecule has 2 aromatic rings. The van der Waals surface area contributed by atoms with Crippen LogP contribution in [0.5, 0.6) is 11.5 Å². The Balaban J connectivity index is 1.44. The highest BCUT2D eigenvalue weighted by Gasteiger charge is 2.30. The molecule has 1 unspecified atom stereocenters. The number of aromatic nitrogens is 2. The molecule has 1 aromatic carbocycles. The van der Waals surface area contributed by atoms with Crippen LogP contribution < -0.4 is 19.9 Å². The van der Waals surface area contributed by atoms with Crippen molar-refractivity contribution in [3.63, 3.8) is 0 Å². The average Bonchev–Trinajstić information content (AvgIpc) is 2.83. The lowest BCUT2D eigenvalue weighted by molar-refractivity contribution is 0.122. The Bertz CT molecular complexity index is 1070. The van der Waals surface area contributed by atoms with Crippen molar-refractivity contribution in [1.29, 1.82) is 0 Å². The number of rotatable bonds is 4. The van der Waals surface area contributed by atoms with Gasteiger partial charge in [-0.25, -0.2) is 4.98 Å². The molecule has 1 fully saturated rings. The number of nitrogens with zero attached hydrogens (tertiary/aromatic N) is 3. The Labute approximate surface area is 181 Å². The van der Waals surface area contributed by atoms with Crippen LogP contribution in [-0.2, 0) is 24.0 Å². The highest BCUT2D eigenvalue weighted by molar-refractivity contribution is 6.05. The van der Waals surface area contributed by atoms with Gasteiger partial charge < -0.3 is 19.1 Å². The SMILES string of the molecule is COc1cc2c(cc1OC)C(C1CCc3nc(N4CCOCC4)[nH]c(=O)c3C1)=NCC2. The Morgan fingerprint density at radius 2 is 1.90 bits per heavy atom. The fourth-order valence-corrected chi connectivity index (χ4v) is 4.86. The summed E-state index contributed by atoms with van der Waals surface area (Å²) in [7, 11) is 3.31. The number of hydrogen-bond donors (Lipinski definition) is 1. The zero-order valence-corrected chi connectivity index (χ0v) is 18.1. The molecule has 1 atom stereocenters. The van der Waals surface area contributed by atoms with Crippen molar-refractivity contribution in [3.05, 3.63) is 44.9 Å². The molecule has 8 heteroatoms. The Kier molecular flexibility index (Phi) is 5.40. The van der Waals surface area contributed by atoms with Crippen molar-refractivity contribution < 1.29 is 14.2 Å². The molecular formula is C23H28N4O4. The summed E-state index contributed by atoms with van der Waals surface area (Å²) in [5.74, 6) is 2.32. The highest BCUT2D eigenvalue weighted by atomic mass is 16.5. The van der Waals surface area contributed by atoms with Crippen molar-refractivity contribution in [3.8, 4) is 11.5 Å². The lowest BCUT2D eigenvalue weighted by Crippen LogP contribution is -2.39. The van der Waals surface area contributed by atoms with Crippen LogP contribution in [0.4, 0.5) is 5.95 Å². The van der Waals surface area contributed by atoms with E-state index >= 15 is 0 Å². The lowest BCUT2D eigenvalue weighted by atomic mass is 9.79. The van der Waals surface area contributed by atoms with E-state index in [2.05, 4.69) is 16.0 Å². The van der Waals surface area contributed by atoms with Gasteiger partial charge in [-0.3, -0.25) is 14.8 Å². The van der Waals surface area contributed by atoms with Gasteiger partial charge in [-0.05, 0) is 43.4 Å². The van der Waals surface area contributed by atoms with Crippen LogP contribution in [0, 0.1) is 5.92 Å². The van der Waals surface area contributed by atoms with E-state index in [9.17, 15) is 4.79 Å². The lowest BCUT2D eigenvalue weighted by Gasteiger charge is -2.30. The number of benzene rings is 1. The summed E-state index contributed by atoms with van der Waals surface area (Å²) < 4.78 is 16.4. The van der Waals surface area contributed by atoms with Crippen LogP contribution in [0.15, 0.2) is 21.9 Å². The molecule has 1 aliphatic carbocycles. The Morgan fingerprint density at radius 3 is 2.68 bits per heavy atom. The van der Waals surface area contributed by atoms with Gasteiger partial charge in [-0.1, -0.05) is 0 Å².